The van der Waals surface area contributed by atoms with E-state index in [2.05, 4.69) is 35.8 Å². The van der Waals surface area contributed by atoms with E-state index in [1.165, 1.54) is 31.4 Å². The van der Waals surface area contributed by atoms with E-state index in [0.717, 1.165) is 18.2 Å². The molecule has 0 bridgehead atoms. The second-order valence-corrected chi connectivity index (χ2v) is 4.84. The summed E-state index contributed by atoms with van der Waals surface area (Å²) in [5.41, 5.74) is 2.31. The van der Waals surface area contributed by atoms with Crippen molar-refractivity contribution < 1.29 is 5.11 Å². The molecule has 2 nitrogen and oxygen atoms in total. The molecule has 0 saturated carbocycles. The van der Waals surface area contributed by atoms with Crippen LogP contribution in [0.1, 0.15) is 37.3 Å². The van der Waals surface area contributed by atoms with Crippen LogP contribution < -0.4 is 0 Å². The summed E-state index contributed by atoms with van der Waals surface area (Å²) in [6.45, 7) is 4.43. The highest BCUT2D eigenvalue weighted by molar-refractivity contribution is 5.37. The Balaban J connectivity index is 2.05. The minimum atomic E-state index is -0.0751. The van der Waals surface area contributed by atoms with Gasteiger partial charge < -0.3 is 5.11 Å². The van der Waals surface area contributed by atoms with Gasteiger partial charge in [-0.1, -0.05) is 30.9 Å². The summed E-state index contributed by atoms with van der Waals surface area (Å²) in [5, 5.41) is 8.71. The molecule has 1 aliphatic rings. The van der Waals surface area contributed by atoms with Gasteiger partial charge in [-0.05, 0) is 43.5 Å². The van der Waals surface area contributed by atoms with Gasteiger partial charge in [0.2, 0.25) is 0 Å². The zero-order chi connectivity index (χ0) is 12.8. The Labute approximate surface area is 110 Å². The van der Waals surface area contributed by atoms with E-state index in [-0.39, 0.29) is 6.61 Å². The lowest BCUT2D eigenvalue weighted by molar-refractivity contribution is 0.240. The van der Waals surface area contributed by atoms with E-state index in [9.17, 15) is 0 Å². The Morgan fingerprint density at radius 2 is 2.33 bits per heavy atom. The Hall–Kier alpha value is -1.30. The number of aliphatic hydroxyl groups is 1. The summed E-state index contributed by atoms with van der Waals surface area (Å²) in [5.74, 6) is 5.66. The summed E-state index contributed by atoms with van der Waals surface area (Å²) in [7, 11) is 0. The maximum atomic E-state index is 8.71. The molecule has 1 N–H and O–H groups in total. The molecular formula is C16H21NO. The van der Waals surface area contributed by atoms with Crippen molar-refractivity contribution in [1.82, 2.24) is 4.90 Å². The lowest BCUT2D eigenvalue weighted by atomic mass is 10.1. The number of hydrogen-bond donors (Lipinski definition) is 1. The van der Waals surface area contributed by atoms with Gasteiger partial charge in [-0.2, -0.15) is 0 Å². The monoisotopic (exact) mass is 243 g/mol. The van der Waals surface area contributed by atoms with Crippen molar-refractivity contribution in [3.05, 3.63) is 35.4 Å². The Kier molecular flexibility index (Phi) is 4.81. The van der Waals surface area contributed by atoms with Crippen molar-refractivity contribution in [2.75, 3.05) is 13.2 Å². The quantitative estimate of drug-likeness (QED) is 0.824. The van der Waals surface area contributed by atoms with Crippen LogP contribution in [0.4, 0.5) is 0 Å². The van der Waals surface area contributed by atoms with Crippen LogP contribution in [0.15, 0.2) is 24.3 Å². The number of benzene rings is 1. The third kappa shape index (κ3) is 3.35. The van der Waals surface area contributed by atoms with Crippen LogP contribution in [0.2, 0.25) is 0 Å². The van der Waals surface area contributed by atoms with Crippen molar-refractivity contribution in [1.29, 1.82) is 0 Å². The average molecular weight is 243 g/mol. The lowest BCUT2D eigenvalue weighted by Crippen LogP contribution is -2.28. The zero-order valence-electron chi connectivity index (χ0n) is 11.0. The SMILES string of the molecule is CCC1CCCN1Cc1cccc(C#CCO)c1. The maximum Gasteiger partial charge on any atom is 0.104 e. The summed E-state index contributed by atoms with van der Waals surface area (Å²) in [6, 6.07) is 9.08. The van der Waals surface area contributed by atoms with Crippen molar-refractivity contribution in [3.63, 3.8) is 0 Å². The number of hydrogen-bond acceptors (Lipinski definition) is 2. The second kappa shape index (κ2) is 6.58. The number of likely N-dealkylation sites (tertiary alicyclic amines) is 1. The van der Waals surface area contributed by atoms with E-state index in [1.807, 2.05) is 12.1 Å². The van der Waals surface area contributed by atoms with Gasteiger partial charge in [-0.3, -0.25) is 4.90 Å². The standard InChI is InChI=1S/C16H21NO/c1-2-16-9-4-10-17(16)13-15-7-3-6-14(12-15)8-5-11-18/h3,6-7,12,16,18H,2,4,9-11,13H2,1H3. The fourth-order valence-corrected chi connectivity index (χ4v) is 2.69. The van der Waals surface area contributed by atoms with Gasteiger partial charge in [0.1, 0.15) is 6.61 Å². The van der Waals surface area contributed by atoms with Crippen LogP contribution in [-0.2, 0) is 6.54 Å². The van der Waals surface area contributed by atoms with E-state index in [0.29, 0.717) is 0 Å². The summed E-state index contributed by atoms with van der Waals surface area (Å²) >= 11 is 0. The van der Waals surface area contributed by atoms with E-state index in [1.54, 1.807) is 0 Å². The molecule has 1 unspecified atom stereocenters. The highest BCUT2D eigenvalue weighted by Crippen LogP contribution is 2.22. The normalized spacial score (nSPS) is 19.6. The predicted octanol–water partition coefficient (Wildman–Crippen LogP) is 2.40. The first kappa shape index (κ1) is 13.1. The predicted molar refractivity (Wildman–Crippen MR) is 74.1 cm³/mol. The highest BCUT2D eigenvalue weighted by Gasteiger charge is 2.22. The van der Waals surface area contributed by atoms with E-state index < -0.39 is 0 Å². The molecule has 1 saturated heterocycles. The van der Waals surface area contributed by atoms with Gasteiger partial charge >= 0.3 is 0 Å². The van der Waals surface area contributed by atoms with Crippen LogP contribution in [0, 0.1) is 11.8 Å². The molecule has 1 heterocycles. The summed E-state index contributed by atoms with van der Waals surface area (Å²) in [6.07, 6.45) is 3.90. The molecule has 0 amide bonds. The molecule has 96 valence electrons. The number of nitrogens with zero attached hydrogens (tertiary/aromatic N) is 1. The fourth-order valence-electron chi connectivity index (χ4n) is 2.69. The zero-order valence-corrected chi connectivity index (χ0v) is 11.0. The Morgan fingerprint density at radius 1 is 1.44 bits per heavy atom. The van der Waals surface area contributed by atoms with Gasteiger partial charge in [0, 0.05) is 18.2 Å². The van der Waals surface area contributed by atoms with Crippen molar-refractivity contribution in [2.24, 2.45) is 0 Å². The third-order valence-electron chi connectivity index (χ3n) is 3.59. The largest absolute Gasteiger partial charge is 0.384 e. The molecule has 0 aliphatic carbocycles. The van der Waals surface area contributed by atoms with E-state index in [4.69, 9.17) is 5.11 Å². The van der Waals surface area contributed by atoms with Gasteiger partial charge in [-0.15, -0.1) is 0 Å². The summed E-state index contributed by atoms with van der Waals surface area (Å²) < 4.78 is 0. The first-order valence-electron chi connectivity index (χ1n) is 6.76. The summed E-state index contributed by atoms with van der Waals surface area (Å²) in [4.78, 5) is 2.57. The lowest BCUT2D eigenvalue weighted by Gasteiger charge is -2.23. The molecular weight excluding hydrogens is 222 g/mol. The molecule has 1 aromatic carbocycles. The van der Waals surface area contributed by atoms with Crippen molar-refractivity contribution >= 4 is 0 Å². The number of aliphatic hydroxyl groups excluding tert-OH is 1. The van der Waals surface area contributed by atoms with Gasteiger partial charge in [0.25, 0.3) is 0 Å². The smallest absolute Gasteiger partial charge is 0.104 e. The van der Waals surface area contributed by atoms with Crippen molar-refractivity contribution in [3.8, 4) is 11.8 Å². The molecule has 0 radical (unpaired) electrons. The van der Waals surface area contributed by atoms with Crippen molar-refractivity contribution in [2.45, 2.75) is 38.8 Å². The minimum Gasteiger partial charge on any atom is -0.384 e. The highest BCUT2D eigenvalue weighted by atomic mass is 16.2. The minimum absolute atomic E-state index is 0.0751. The molecule has 1 aliphatic heterocycles. The van der Waals surface area contributed by atoms with Crippen LogP contribution in [0.5, 0.6) is 0 Å². The van der Waals surface area contributed by atoms with Crippen LogP contribution >= 0.6 is 0 Å². The average Bonchev–Trinajstić information content (AvgIpc) is 2.84. The molecule has 2 rings (SSSR count). The second-order valence-electron chi connectivity index (χ2n) is 4.84. The number of rotatable bonds is 3. The molecule has 0 aromatic heterocycles. The Bertz CT molecular complexity index is 444. The molecule has 1 fully saturated rings. The van der Waals surface area contributed by atoms with Crippen LogP contribution in [0.25, 0.3) is 0 Å². The first-order valence-corrected chi connectivity index (χ1v) is 6.76. The molecule has 18 heavy (non-hydrogen) atoms. The van der Waals surface area contributed by atoms with E-state index >= 15 is 0 Å². The Morgan fingerprint density at radius 3 is 3.11 bits per heavy atom. The molecule has 2 heteroatoms. The van der Waals surface area contributed by atoms with Gasteiger partial charge in [0.15, 0.2) is 0 Å². The molecule has 1 atom stereocenters. The van der Waals surface area contributed by atoms with Gasteiger partial charge in [0.05, 0.1) is 0 Å². The molecule has 0 spiro atoms. The maximum absolute atomic E-state index is 8.71. The molecule has 1 aromatic rings. The first-order chi connectivity index (χ1) is 8.83. The topological polar surface area (TPSA) is 23.5 Å². The fraction of sp³-hybridized carbons (Fsp3) is 0.500. The third-order valence-corrected chi connectivity index (χ3v) is 3.59. The van der Waals surface area contributed by atoms with Crippen LogP contribution in [-0.4, -0.2) is 29.2 Å². The van der Waals surface area contributed by atoms with Crippen LogP contribution in [0.3, 0.4) is 0 Å². The van der Waals surface area contributed by atoms with Gasteiger partial charge in [-0.25, -0.2) is 0 Å².